The van der Waals surface area contributed by atoms with Crippen molar-refractivity contribution in [1.29, 1.82) is 0 Å². The lowest BCUT2D eigenvalue weighted by Crippen LogP contribution is -2.47. The molecular weight excluding hydrogens is 323 g/mol. The van der Waals surface area contributed by atoms with Gasteiger partial charge in [0.05, 0.1) is 0 Å². The van der Waals surface area contributed by atoms with Gasteiger partial charge >= 0.3 is 11.8 Å². The molecule has 0 atom stereocenters. The first-order valence-corrected chi connectivity index (χ1v) is 8.89. The van der Waals surface area contributed by atoms with Crippen LogP contribution in [0.4, 0.5) is 10.1 Å². The van der Waals surface area contributed by atoms with Crippen LogP contribution in [-0.4, -0.2) is 62.5 Å². The molecule has 1 saturated heterocycles. The topological polar surface area (TPSA) is 64.7 Å². The number of amides is 2. The highest BCUT2D eigenvalue weighted by molar-refractivity contribution is 6.35. The van der Waals surface area contributed by atoms with Crippen LogP contribution < -0.4 is 15.5 Å². The SMILES string of the molecule is CCCNC(=O)C(=O)NCCCN1CCN(c2ccc(F)cc2)CC1. The summed E-state index contributed by atoms with van der Waals surface area (Å²) in [4.78, 5) is 27.6. The number of hydrogen-bond acceptors (Lipinski definition) is 4. The second kappa shape index (κ2) is 9.98. The molecule has 0 unspecified atom stereocenters. The predicted octanol–water partition coefficient (Wildman–Crippen LogP) is 0.980. The lowest BCUT2D eigenvalue weighted by Gasteiger charge is -2.36. The zero-order chi connectivity index (χ0) is 18.1. The maximum atomic E-state index is 13.0. The van der Waals surface area contributed by atoms with Gasteiger partial charge in [-0.3, -0.25) is 14.5 Å². The molecule has 7 heteroatoms. The van der Waals surface area contributed by atoms with Gasteiger partial charge < -0.3 is 15.5 Å². The normalized spacial score (nSPS) is 15.0. The molecule has 1 aliphatic rings. The van der Waals surface area contributed by atoms with Crippen LogP contribution in [-0.2, 0) is 9.59 Å². The smallest absolute Gasteiger partial charge is 0.309 e. The van der Waals surface area contributed by atoms with Crippen LogP contribution in [0.5, 0.6) is 0 Å². The number of hydrogen-bond donors (Lipinski definition) is 2. The Morgan fingerprint density at radius 3 is 2.20 bits per heavy atom. The molecule has 1 aromatic rings. The predicted molar refractivity (Wildman–Crippen MR) is 96.0 cm³/mol. The number of halogens is 1. The van der Waals surface area contributed by atoms with E-state index in [9.17, 15) is 14.0 Å². The molecule has 6 nitrogen and oxygen atoms in total. The van der Waals surface area contributed by atoms with Gasteiger partial charge in [0, 0.05) is 45.0 Å². The fourth-order valence-electron chi connectivity index (χ4n) is 2.79. The monoisotopic (exact) mass is 350 g/mol. The number of anilines is 1. The van der Waals surface area contributed by atoms with Crippen LogP contribution >= 0.6 is 0 Å². The second-order valence-corrected chi connectivity index (χ2v) is 6.17. The van der Waals surface area contributed by atoms with E-state index in [-0.39, 0.29) is 5.82 Å². The third-order valence-electron chi connectivity index (χ3n) is 4.24. The molecule has 1 fully saturated rings. The van der Waals surface area contributed by atoms with Crippen molar-refractivity contribution < 1.29 is 14.0 Å². The first kappa shape index (κ1) is 19.2. The van der Waals surface area contributed by atoms with Crippen LogP contribution in [0.15, 0.2) is 24.3 Å². The quantitative estimate of drug-likeness (QED) is 0.568. The molecule has 0 spiro atoms. The minimum absolute atomic E-state index is 0.215. The van der Waals surface area contributed by atoms with Crippen molar-refractivity contribution in [2.24, 2.45) is 0 Å². The Hall–Kier alpha value is -2.15. The summed E-state index contributed by atoms with van der Waals surface area (Å²) in [6, 6.07) is 6.59. The lowest BCUT2D eigenvalue weighted by molar-refractivity contribution is -0.139. The van der Waals surface area contributed by atoms with Gasteiger partial charge in [0.1, 0.15) is 5.82 Å². The molecule has 25 heavy (non-hydrogen) atoms. The lowest BCUT2D eigenvalue weighted by atomic mass is 10.2. The summed E-state index contributed by atoms with van der Waals surface area (Å²) < 4.78 is 13.0. The molecule has 0 saturated carbocycles. The number of carbonyl (C=O) groups is 2. The van der Waals surface area contributed by atoms with Crippen molar-refractivity contribution >= 4 is 17.5 Å². The summed E-state index contributed by atoms with van der Waals surface area (Å²) in [5.74, 6) is -1.34. The minimum atomic E-state index is -0.561. The fourth-order valence-corrected chi connectivity index (χ4v) is 2.79. The van der Waals surface area contributed by atoms with Crippen molar-refractivity contribution in [3.05, 3.63) is 30.1 Å². The third-order valence-corrected chi connectivity index (χ3v) is 4.24. The van der Waals surface area contributed by atoms with E-state index < -0.39 is 11.8 Å². The minimum Gasteiger partial charge on any atom is -0.369 e. The maximum absolute atomic E-state index is 13.0. The first-order valence-electron chi connectivity index (χ1n) is 8.89. The average Bonchev–Trinajstić information content (AvgIpc) is 2.64. The van der Waals surface area contributed by atoms with Crippen molar-refractivity contribution in [1.82, 2.24) is 15.5 Å². The molecular formula is C18H27FN4O2. The van der Waals surface area contributed by atoms with E-state index in [0.29, 0.717) is 13.1 Å². The molecule has 138 valence electrons. The van der Waals surface area contributed by atoms with E-state index in [0.717, 1.165) is 51.3 Å². The van der Waals surface area contributed by atoms with Crippen LogP contribution in [0.25, 0.3) is 0 Å². The van der Waals surface area contributed by atoms with Crippen LogP contribution in [0.3, 0.4) is 0 Å². The highest BCUT2D eigenvalue weighted by Crippen LogP contribution is 2.16. The zero-order valence-corrected chi connectivity index (χ0v) is 14.8. The van der Waals surface area contributed by atoms with Gasteiger partial charge in [-0.25, -0.2) is 4.39 Å². The Morgan fingerprint density at radius 2 is 1.60 bits per heavy atom. The standard InChI is InChI=1S/C18H27FN4O2/c1-2-8-20-17(24)18(25)21-9-3-10-22-11-13-23(14-12-22)16-6-4-15(19)5-7-16/h4-7H,2-3,8-14H2,1H3,(H,20,24)(H,21,25). The van der Waals surface area contributed by atoms with Gasteiger partial charge in [0.2, 0.25) is 0 Å². The van der Waals surface area contributed by atoms with Crippen LogP contribution in [0.1, 0.15) is 19.8 Å². The number of rotatable bonds is 7. The Kier molecular flexibility index (Phi) is 7.66. The first-order chi connectivity index (χ1) is 12.1. The highest BCUT2D eigenvalue weighted by atomic mass is 19.1. The molecule has 0 radical (unpaired) electrons. The summed E-state index contributed by atoms with van der Waals surface area (Å²) in [7, 11) is 0. The second-order valence-electron chi connectivity index (χ2n) is 6.17. The summed E-state index contributed by atoms with van der Waals surface area (Å²) in [6.07, 6.45) is 1.62. The molecule has 2 amide bonds. The van der Waals surface area contributed by atoms with E-state index >= 15 is 0 Å². The average molecular weight is 350 g/mol. The van der Waals surface area contributed by atoms with E-state index in [2.05, 4.69) is 20.4 Å². The number of carbonyl (C=O) groups excluding carboxylic acids is 2. The van der Waals surface area contributed by atoms with Crippen LogP contribution in [0.2, 0.25) is 0 Å². The number of piperazine rings is 1. The largest absolute Gasteiger partial charge is 0.369 e. The van der Waals surface area contributed by atoms with Gasteiger partial charge in [-0.15, -0.1) is 0 Å². The molecule has 1 heterocycles. The van der Waals surface area contributed by atoms with Crippen molar-refractivity contribution in [3.8, 4) is 0 Å². The molecule has 0 aromatic heterocycles. The maximum Gasteiger partial charge on any atom is 0.309 e. The van der Waals surface area contributed by atoms with E-state index in [1.54, 1.807) is 0 Å². The van der Waals surface area contributed by atoms with E-state index in [1.165, 1.54) is 12.1 Å². The zero-order valence-electron chi connectivity index (χ0n) is 14.8. The molecule has 1 aliphatic heterocycles. The van der Waals surface area contributed by atoms with Crippen molar-refractivity contribution in [2.75, 3.05) is 50.7 Å². The van der Waals surface area contributed by atoms with E-state index in [1.807, 2.05) is 19.1 Å². The van der Waals surface area contributed by atoms with E-state index in [4.69, 9.17) is 0 Å². The Balaban J connectivity index is 1.60. The molecule has 1 aromatic carbocycles. The molecule has 2 N–H and O–H groups in total. The summed E-state index contributed by atoms with van der Waals surface area (Å²) in [6.45, 7) is 7.50. The van der Waals surface area contributed by atoms with Crippen LogP contribution in [0, 0.1) is 5.82 Å². The Morgan fingerprint density at radius 1 is 1.00 bits per heavy atom. The fraction of sp³-hybridized carbons (Fsp3) is 0.556. The number of benzene rings is 1. The van der Waals surface area contributed by atoms with Gasteiger partial charge in [0.25, 0.3) is 0 Å². The Labute approximate surface area is 148 Å². The van der Waals surface area contributed by atoms with Gasteiger partial charge in [0.15, 0.2) is 0 Å². The molecule has 0 aliphatic carbocycles. The number of nitrogens with zero attached hydrogens (tertiary/aromatic N) is 2. The highest BCUT2D eigenvalue weighted by Gasteiger charge is 2.17. The van der Waals surface area contributed by atoms with Crippen molar-refractivity contribution in [2.45, 2.75) is 19.8 Å². The van der Waals surface area contributed by atoms with Gasteiger partial charge in [-0.1, -0.05) is 6.92 Å². The summed E-state index contributed by atoms with van der Waals surface area (Å²) in [5.41, 5.74) is 1.05. The van der Waals surface area contributed by atoms with Crippen molar-refractivity contribution in [3.63, 3.8) is 0 Å². The van der Waals surface area contributed by atoms with Gasteiger partial charge in [-0.2, -0.15) is 0 Å². The van der Waals surface area contributed by atoms with Gasteiger partial charge in [-0.05, 0) is 43.7 Å². The molecule has 2 rings (SSSR count). The molecule has 0 bridgehead atoms. The summed E-state index contributed by atoms with van der Waals surface area (Å²) in [5, 5.41) is 5.20. The Bertz CT molecular complexity index is 557. The third kappa shape index (κ3) is 6.34. The summed E-state index contributed by atoms with van der Waals surface area (Å²) >= 11 is 0. The number of nitrogens with one attached hydrogen (secondary N) is 2.